The van der Waals surface area contributed by atoms with Gasteiger partial charge in [0.15, 0.2) is 0 Å². The van der Waals surface area contributed by atoms with Gasteiger partial charge >= 0.3 is 0 Å². The lowest BCUT2D eigenvalue weighted by atomic mass is 10.4. The molecule has 0 aliphatic heterocycles. The molecule has 0 unspecified atom stereocenters. The van der Waals surface area contributed by atoms with Gasteiger partial charge in [0, 0.05) is 6.20 Å². The van der Waals surface area contributed by atoms with Gasteiger partial charge in [-0.1, -0.05) is 11.6 Å². The van der Waals surface area contributed by atoms with Crippen LogP contribution in [0.15, 0.2) is 12.3 Å². The molecule has 0 fully saturated rings. The minimum Gasteiger partial charge on any atom is -0.330 e. The fourth-order valence-electron chi connectivity index (χ4n) is 1.27. The van der Waals surface area contributed by atoms with Crippen molar-refractivity contribution >= 4 is 34.2 Å². The highest BCUT2D eigenvalue weighted by molar-refractivity contribution is 6.35. The molecule has 2 heterocycles. The number of hydrogen-bond donors (Lipinski definition) is 0. The number of alkyl halides is 1. The van der Waals surface area contributed by atoms with E-state index >= 15 is 0 Å². The predicted molar refractivity (Wildman–Crippen MR) is 53.5 cm³/mol. The molecule has 0 aliphatic rings. The van der Waals surface area contributed by atoms with Crippen LogP contribution in [-0.4, -0.2) is 21.2 Å². The van der Waals surface area contributed by atoms with Crippen LogP contribution in [0, 0.1) is 0 Å². The molecule has 0 bridgehead atoms. The molecule has 14 heavy (non-hydrogen) atoms. The van der Waals surface area contributed by atoms with Gasteiger partial charge in [0.05, 0.1) is 11.9 Å². The van der Waals surface area contributed by atoms with Gasteiger partial charge in [-0.25, -0.2) is 9.37 Å². The maximum Gasteiger partial charge on any atom is 0.225 e. The van der Waals surface area contributed by atoms with E-state index in [1.54, 1.807) is 16.8 Å². The summed E-state index contributed by atoms with van der Waals surface area (Å²) in [5.41, 5.74) is 0.563. The Bertz CT molecular complexity index is 469. The number of aromatic nitrogens is 3. The fourth-order valence-corrected chi connectivity index (χ4v) is 1.71. The molecule has 6 heteroatoms. The van der Waals surface area contributed by atoms with E-state index in [2.05, 4.69) is 9.97 Å². The highest BCUT2D eigenvalue weighted by atomic mass is 35.5. The SMILES string of the molecule is FCCn1ccc2c(Cl)nc(Cl)nc21. The lowest BCUT2D eigenvalue weighted by Crippen LogP contribution is -1.99. The first kappa shape index (κ1) is 9.68. The molecular weight excluding hydrogens is 228 g/mol. The summed E-state index contributed by atoms with van der Waals surface area (Å²) in [6.45, 7) is -0.212. The van der Waals surface area contributed by atoms with E-state index in [1.165, 1.54) is 0 Å². The molecular formula is C8H6Cl2FN3. The van der Waals surface area contributed by atoms with E-state index in [0.29, 0.717) is 11.0 Å². The quantitative estimate of drug-likeness (QED) is 0.590. The summed E-state index contributed by atoms with van der Waals surface area (Å²) >= 11 is 11.5. The molecule has 2 aromatic rings. The second-order valence-corrected chi connectivity index (χ2v) is 3.41. The molecule has 0 radical (unpaired) electrons. The molecule has 74 valence electrons. The average molecular weight is 234 g/mol. The first-order chi connectivity index (χ1) is 6.72. The number of rotatable bonds is 2. The monoisotopic (exact) mass is 233 g/mol. The van der Waals surface area contributed by atoms with Gasteiger partial charge in [0.25, 0.3) is 0 Å². The topological polar surface area (TPSA) is 30.7 Å². The van der Waals surface area contributed by atoms with Crippen LogP contribution in [0.4, 0.5) is 4.39 Å². The smallest absolute Gasteiger partial charge is 0.225 e. The Morgan fingerprint density at radius 3 is 2.86 bits per heavy atom. The summed E-state index contributed by atoms with van der Waals surface area (Å²) in [5, 5.41) is 1.04. The van der Waals surface area contributed by atoms with Gasteiger partial charge < -0.3 is 4.57 Å². The third-order valence-corrected chi connectivity index (χ3v) is 2.33. The summed E-state index contributed by atoms with van der Waals surface area (Å²) in [6.07, 6.45) is 1.71. The molecule has 0 aliphatic carbocycles. The molecule has 0 atom stereocenters. The molecule has 0 aromatic carbocycles. The van der Waals surface area contributed by atoms with Crippen molar-refractivity contribution in [3.8, 4) is 0 Å². The lowest BCUT2D eigenvalue weighted by molar-refractivity contribution is 0.450. The zero-order valence-electron chi connectivity index (χ0n) is 7.04. The lowest BCUT2D eigenvalue weighted by Gasteiger charge is -2.00. The van der Waals surface area contributed by atoms with Gasteiger partial charge in [-0.15, -0.1) is 0 Å². The Morgan fingerprint density at radius 2 is 2.14 bits per heavy atom. The Hall–Kier alpha value is -0.870. The predicted octanol–water partition coefficient (Wildman–Crippen LogP) is 2.71. The number of aryl methyl sites for hydroxylation is 1. The van der Waals surface area contributed by atoms with Crippen molar-refractivity contribution in [2.75, 3.05) is 6.67 Å². The van der Waals surface area contributed by atoms with Crippen molar-refractivity contribution < 1.29 is 4.39 Å². The number of fused-ring (bicyclic) bond motifs is 1. The van der Waals surface area contributed by atoms with E-state index in [0.717, 1.165) is 0 Å². The van der Waals surface area contributed by atoms with Gasteiger partial charge in [-0.05, 0) is 17.7 Å². The second-order valence-electron chi connectivity index (χ2n) is 2.72. The number of nitrogens with zero attached hydrogens (tertiary/aromatic N) is 3. The maximum absolute atomic E-state index is 12.2. The molecule has 0 spiro atoms. The molecule has 0 amide bonds. The van der Waals surface area contributed by atoms with Crippen molar-refractivity contribution in [1.29, 1.82) is 0 Å². The number of halogens is 3. The van der Waals surface area contributed by atoms with Gasteiger partial charge in [0.2, 0.25) is 5.28 Å². The average Bonchev–Trinajstić information content (AvgIpc) is 2.49. The van der Waals surface area contributed by atoms with E-state index in [9.17, 15) is 4.39 Å². The third kappa shape index (κ3) is 1.55. The highest BCUT2D eigenvalue weighted by Crippen LogP contribution is 2.22. The largest absolute Gasteiger partial charge is 0.330 e. The molecule has 3 nitrogen and oxygen atoms in total. The van der Waals surface area contributed by atoms with Crippen LogP contribution >= 0.6 is 23.2 Å². The van der Waals surface area contributed by atoms with Crippen LogP contribution in [-0.2, 0) is 6.54 Å². The normalized spacial score (nSPS) is 11.1. The number of hydrogen-bond acceptors (Lipinski definition) is 2. The molecule has 0 saturated carbocycles. The van der Waals surface area contributed by atoms with Crippen molar-refractivity contribution in [1.82, 2.24) is 14.5 Å². The first-order valence-electron chi connectivity index (χ1n) is 3.96. The Morgan fingerprint density at radius 1 is 1.36 bits per heavy atom. The van der Waals surface area contributed by atoms with Crippen LogP contribution in [0.2, 0.25) is 10.4 Å². The first-order valence-corrected chi connectivity index (χ1v) is 4.72. The summed E-state index contributed by atoms with van der Waals surface area (Å²) in [4.78, 5) is 7.77. The molecule has 0 N–H and O–H groups in total. The van der Waals surface area contributed by atoms with Gasteiger partial charge in [-0.3, -0.25) is 0 Å². The van der Waals surface area contributed by atoms with E-state index < -0.39 is 6.67 Å². The summed E-state index contributed by atoms with van der Waals surface area (Å²) in [6, 6.07) is 1.74. The van der Waals surface area contributed by atoms with E-state index in [4.69, 9.17) is 23.2 Å². The standard InChI is InChI=1S/C8H6Cl2FN3/c9-6-5-1-3-14(4-2-11)7(5)13-8(10)12-6/h1,3H,2,4H2. The minimum atomic E-state index is -0.455. The summed E-state index contributed by atoms with van der Waals surface area (Å²) in [5.74, 6) is 0. The Kier molecular flexibility index (Phi) is 2.56. The second kappa shape index (κ2) is 3.71. The van der Waals surface area contributed by atoms with Crippen LogP contribution in [0.25, 0.3) is 11.0 Å². The zero-order chi connectivity index (χ0) is 10.1. The van der Waals surface area contributed by atoms with Gasteiger partial charge in [-0.2, -0.15) is 4.98 Å². The molecule has 2 aromatic heterocycles. The third-order valence-electron chi connectivity index (χ3n) is 1.87. The van der Waals surface area contributed by atoms with Crippen molar-refractivity contribution in [3.05, 3.63) is 22.7 Å². The van der Waals surface area contributed by atoms with Crippen LogP contribution in [0.1, 0.15) is 0 Å². The summed E-state index contributed by atoms with van der Waals surface area (Å²) < 4.78 is 13.8. The Labute approximate surface area is 89.5 Å². The fraction of sp³-hybridized carbons (Fsp3) is 0.250. The van der Waals surface area contributed by atoms with Gasteiger partial charge in [0.1, 0.15) is 17.5 Å². The maximum atomic E-state index is 12.2. The van der Waals surface area contributed by atoms with Crippen molar-refractivity contribution in [2.45, 2.75) is 6.54 Å². The van der Waals surface area contributed by atoms with Crippen LogP contribution in [0.3, 0.4) is 0 Å². The van der Waals surface area contributed by atoms with Crippen molar-refractivity contribution in [3.63, 3.8) is 0 Å². The van der Waals surface area contributed by atoms with Crippen molar-refractivity contribution in [2.24, 2.45) is 0 Å². The molecule has 0 saturated heterocycles. The Balaban J connectivity index is 2.66. The highest BCUT2D eigenvalue weighted by Gasteiger charge is 2.08. The van der Waals surface area contributed by atoms with E-state index in [-0.39, 0.29) is 17.0 Å². The zero-order valence-corrected chi connectivity index (χ0v) is 8.56. The molecule has 2 rings (SSSR count). The van der Waals surface area contributed by atoms with Crippen LogP contribution in [0.5, 0.6) is 0 Å². The summed E-state index contributed by atoms with van der Waals surface area (Å²) in [7, 11) is 0. The minimum absolute atomic E-state index is 0.0707. The van der Waals surface area contributed by atoms with E-state index in [1.807, 2.05) is 0 Å². The van der Waals surface area contributed by atoms with Crippen LogP contribution < -0.4 is 0 Å².